The van der Waals surface area contributed by atoms with Gasteiger partial charge in [-0.3, -0.25) is 0 Å². The number of nitrogens with two attached hydrogens (primary N) is 1. The molecule has 0 amide bonds. The third-order valence-corrected chi connectivity index (χ3v) is 5.58. The minimum Gasteiger partial charge on any atom is -0.474 e. The second-order valence-electron chi connectivity index (χ2n) is 7.74. The van der Waals surface area contributed by atoms with Gasteiger partial charge in [-0.15, -0.1) is 0 Å². The Morgan fingerprint density at radius 3 is 2.72 bits per heavy atom. The molecule has 0 saturated carbocycles. The van der Waals surface area contributed by atoms with Crippen LogP contribution in [0.3, 0.4) is 0 Å². The van der Waals surface area contributed by atoms with Gasteiger partial charge in [0, 0.05) is 49.9 Å². The van der Waals surface area contributed by atoms with Crippen LogP contribution in [0, 0.1) is 0 Å². The second kappa shape index (κ2) is 8.41. The Bertz CT molecular complexity index is 883. The number of fused-ring (bicyclic) bond motifs is 1. The molecule has 4 rings (SSSR count). The Morgan fingerprint density at radius 1 is 1.17 bits per heavy atom. The first kappa shape index (κ1) is 19.7. The van der Waals surface area contributed by atoms with Gasteiger partial charge in [-0.1, -0.05) is 0 Å². The lowest BCUT2D eigenvalue weighted by atomic mass is 10.1. The lowest BCUT2D eigenvalue weighted by molar-refractivity contribution is 0.106. The highest BCUT2D eigenvalue weighted by molar-refractivity contribution is 7.80. The molecule has 1 aromatic carbocycles. The Morgan fingerprint density at radius 2 is 1.97 bits per heavy atom. The molecule has 2 N–H and O–H groups in total. The molecule has 2 aromatic rings. The molecular weight excluding hydrogens is 386 g/mol. The zero-order chi connectivity index (χ0) is 20.4. The standard InChI is InChI=1S/C21H27N5O2S/c1-14(2)27-21(29)25-8-6-17(7-9-25)28-20-12-19(23-13-24-20)26-10-5-15-11-16(22)3-4-18(15)26/h3-4,11-14,17H,5-10,22H2,1-2H3. The van der Waals surface area contributed by atoms with Crippen molar-refractivity contribution in [1.29, 1.82) is 0 Å². The molecule has 1 fully saturated rings. The molecule has 1 saturated heterocycles. The van der Waals surface area contributed by atoms with Crippen LogP contribution in [0.5, 0.6) is 5.88 Å². The molecule has 0 aliphatic carbocycles. The fourth-order valence-electron chi connectivity index (χ4n) is 3.80. The fourth-order valence-corrected chi connectivity index (χ4v) is 4.18. The first-order valence-corrected chi connectivity index (χ1v) is 10.5. The number of nitrogen functional groups attached to an aromatic ring is 1. The molecule has 2 aliphatic rings. The summed E-state index contributed by atoms with van der Waals surface area (Å²) in [6, 6.07) is 7.94. The molecule has 154 valence electrons. The lowest BCUT2D eigenvalue weighted by Crippen LogP contribution is -2.42. The van der Waals surface area contributed by atoms with E-state index in [-0.39, 0.29) is 12.2 Å². The van der Waals surface area contributed by atoms with E-state index in [1.165, 1.54) is 5.56 Å². The van der Waals surface area contributed by atoms with E-state index < -0.39 is 0 Å². The van der Waals surface area contributed by atoms with Crippen LogP contribution < -0.4 is 15.4 Å². The van der Waals surface area contributed by atoms with Crippen LogP contribution in [0.25, 0.3) is 0 Å². The van der Waals surface area contributed by atoms with Crippen LogP contribution >= 0.6 is 12.2 Å². The van der Waals surface area contributed by atoms with Crippen molar-refractivity contribution in [2.75, 3.05) is 30.3 Å². The van der Waals surface area contributed by atoms with Crippen LogP contribution in [0.1, 0.15) is 32.3 Å². The highest BCUT2D eigenvalue weighted by atomic mass is 32.1. The lowest BCUT2D eigenvalue weighted by Gasteiger charge is -2.33. The van der Waals surface area contributed by atoms with Gasteiger partial charge in [-0.2, -0.15) is 0 Å². The van der Waals surface area contributed by atoms with Gasteiger partial charge in [0.1, 0.15) is 18.2 Å². The fraction of sp³-hybridized carbons (Fsp3) is 0.476. The van der Waals surface area contributed by atoms with Gasteiger partial charge in [-0.05, 0) is 56.2 Å². The smallest absolute Gasteiger partial charge is 0.259 e. The number of hydrogen-bond acceptors (Lipinski definition) is 7. The summed E-state index contributed by atoms with van der Waals surface area (Å²) in [5.74, 6) is 1.46. The number of benzene rings is 1. The molecule has 2 aliphatic heterocycles. The van der Waals surface area contributed by atoms with Gasteiger partial charge < -0.3 is 25.0 Å². The summed E-state index contributed by atoms with van der Waals surface area (Å²) in [7, 11) is 0. The van der Waals surface area contributed by atoms with E-state index in [2.05, 4.69) is 25.8 Å². The maximum atomic E-state index is 6.16. The van der Waals surface area contributed by atoms with E-state index >= 15 is 0 Å². The quantitative estimate of drug-likeness (QED) is 0.604. The van der Waals surface area contributed by atoms with Crippen LogP contribution in [0.4, 0.5) is 17.2 Å². The summed E-state index contributed by atoms with van der Waals surface area (Å²) in [5.41, 5.74) is 9.10. The number of piperidine rings is 1. The number of rotatable bonds is 4. The number of likely N-dealkylation sites (tertiary alicyclic amines) is 1. The highest BCUT2D eigenvalue weighted by Crippen LogP contribution is 2.35. The second-order valence-corrected chi connectivity index (χ2v) is 8.09. The monoisotopic (exact) mass is 413 g/mol. The van der Waals surface area contributed by atoms with Gasteiger partial charge in [0.05, 0.1) is 6.10 Å². The van der Waals surface area contributed by atoms with Crippen molar-refractivity contribution in [1.82, 2.24) is 14.9 Å². The molecule has 3 heterocycles. The number of hydrogen-bond donors (Lipinski definition) is 1. The van der Waals surface area contributed by atoms with E-state index in [4.69, 9.17) is 27.4 Å². The van der Waals surface area contributed by atoms with Gasteiger partial charge >= 0.3 is 0 Å². The molecule has 0 spiro atoms. The Balaban J connectivity index is 1.38. The van der Waals surface area contributed by atoms with Crippen molar-refractivity contribution in [3.05, 3.63) is 36.2 Å². The van der Waals surface area contributed by atoms with Gasteiger partial charge in [0.2, 0.25) is 5.88 Å². The Labute approximate surface area is 176 Å². The molecule has 1 aromatic heterocycles. The van der Waals surface area contributed by atoms with E-state index in [1.807, 2.05) is 32.0 Å². The summed E-state index contributed by atoms with van der Waals surface area (Å²) in [4.78, 5) is 13.1. The first-order chi connectivity index (χ1) is 14.0. The van der Waals surface area contributed by atoms with Crippen LogP contribution in [-0.2, 0) is 11.2 Å². The van der Waals surface area contributed by atoms with Crippen molar-refractivity contribution in [2.45, 2.75) is 45.3 Å². The average molecular weight is 414 g/mol. The first-order valence-electron chi connectivity index (χ1n) is 10.1. The summed E-state index contributed by atoms with van der Waals surface area (Å²) in [6.45, 7) is 6.51. The molecule has 7 nitrogen and oxygen atoms in total. The molecule has 0 unspecified atom stereocenters. The van der Waals surface area contributed by atoms with Gasteiger partial charge in [0.25, 0.3) is 5.17 Å². The molecule has 0 bridgehead atoms. The third-order valence-electron chi connectivity index (χ3n) is 5.23. The summed E-state index contributed by atoms with van der Waals surface area (Å²) < 4.78 is 11.8. The van der Waals surface area contributed by atoms with Crippen molar-refractivity contribution in [2.24, 2.45) is 0 Å². The zero-order valence-corrected chi connectivity index (χ0v) is 17.7. The number of nitrogens with zero attached hydrogens (tertiary/aromatic N) is 4. The van der Waals surface area contributed by atoms with Crippen molar-refractivity contribution in [3.63, 3.8) is 0 Å². The van der Waals surface area contributed by atoms with Crippen molar-refractivity contribution >= 4 is 34.6 Å². The number of anilines is 3. The number of aromatic nitrogens is 2. The minimum atomic E-state index is 0.100. The SMILES string of the molecule is CC(C)OC(=S)N1CCC(Oc2cc(N3CCc4cc(N)ccc43)ncn2)CC1. The van der Waals surface area contributed by atoms with Gasteiger partial charge in [-0.25, -0.2) is 9.97 Å². The molecule has 29 heavy (non-hydrogen) atoms. The Kier molecular flexibility index (Phi) is 5.71. The maximum Gasteiger partial charge on any atom is 0.259 e. The van der Waals surface area contributed by atoms with E-state index in [0.29, 0.717) is 11.1 Å². The van der Waals surface area contributed by atoms with Crippen molar-refractivity contribution < 1.29 is 9.47 Å². The molecule has 0 radical (unpaired) electrons. The predicted octanol–water partition coefficient (Wildman–Crippen LogP) is 3.31. The topological polar surface area (TPSA) is 76.7 Å². The number of ether oxygens (including phenoxy) is 2. The summed E-state index contributed by atoms with van der Waals surface area (Å²) >= 11 is 5.37. The number of thiocarbonyl (C=S) groups is 1. The third kappa shape index (κ3) is 4.53. The largest absolute Gasteiger partial charge is 0.474 e. The van der Waals surface area contributed by atoms with Crippen LogP contribution in [-0.4, -0.2) is 51.9 Å². The predicted molar refractivity (Wildman–Crippen MR) is 118 cm³/mol. The minimum absolute atomic E-state index is 0.100. The van der Waals surface area contributed by atoms with Crippen LogP contribution in [0.2, 0.25) is 0 Å². The van der Waals surface area contributed by atoms with E-state index in [9.17, 15) is 0 Å². The zero-order valence-electron chi connectivity index (χ0n) is 16.9. The molecule has 8 heteroatoms. The maximum absolute atomic E-state index is 6.16. The molecular formula is C21H27N5O2S. The molecule has 0 atom stereocenters. The van der Waals surface area contributed by atoms with E-state index in [1.54, 1.807) is 6.33 Å². The Hall–Kier alpha value is -2.61. The van der Waals surface area contributed by atoms with Crippen molar-refractivity contribution in [3.8, 4) is 5.88 Å². The summed E-state index contributed by atoms with van der Waals surface area (Å²) in [5, 5.41) is 0.580. The summed E-state index contributed by atoms with van der Waals surface area (Å²) in [6.07, 6.45) is 4.50. The van der Waals surface area contributed by atoms with Crippen LogP contribution in [0.15, 0.2) is 30.6 Å². The normalized spacial score (nSPS) is 16.8. The van der Waals surface area contributed by atoms with Gasteiger partial charge in [0.15, 0.2) is 0 Å². The van der Waals surface area contributed by atoms with E-state index in [0.717, 1.165) is 56.1 Å². The average Bonchev–Trinajstić information content (AvgIpc) is 3.11. The highest BCUT2D eigenvalue weighted by Gasteiger charge is 2.25.